The molecule has 2 saturated heterocycles. The number of rotatable bonds is 8. The van der Waals surface area contributed by atoms with E-state index < -0.39 is 0 Å². The molecule has 2 atom stereocenters. The lowest BCUT2D eigenvalue weighted by Gasteiger charge is -2.31. The number of aromatic nitrogens is 2. The molecular formula is C24H33N5O2. The summed E-state index contributed by atoms with van der Waals surface area (Å²) in [6, 6.07) is 12.7. The first-order valence-corrected chi connectivity index (χ1v) is 11.4. The van der Waals surface area contributed by atoms with Crippen molar-refractivity contribution in [3.8, 4) is 5.75 Å². The minimum atomic E-state index is 0.166. The molecule has 2 unspecified atom stereocenters. The Balaban J connectivity index is 1.34. The number of carbonyl (C=O) groups excluding carboxylic acids is 1. The summed E-state index contributed by atoms with van der Waals surface area (Å²) in [5.41, 5.74) is 1.20. The Bertz CT molecular complexity index is 845. The maximum absolute atomic E-state index is 13.2. The van der Waals surface area contributed by atoms with Gasteiger partial charge in [-0.2, -0.15) is 5.10 Å². The fraction of sp³-hybridized carbons (Fsp3) is 0.542. The topological polar surface area (TPSA) is 61.8 Å². The van der Waals surface area contributed by atoms with Gasteiger partial charge in [-0.25, -0.2) is 0 Å². The molecule has 7 heteroatoms. The molecule has 1 aromatic heterocycles. The monoisotopic (exact) mass is 423 g/mol. The van der Waals surface area contributed by atoms with Gasteiger partial charge >= 0.3 is 0 Å². The first kappa shape index (κ1) is 21.6. The molecule has 0 spiro atoms. The number of carbonyl (C=O) groups is 1. The molecule has 2 aliphatic heterocycles. The molecule has 2 aliphatic rings. The minimum Gasteiger partial charge on any atom is -0.494 e. The van der Waals surface area contributed by atoms with Gasteiger partial charge in [0.2, 0.25) is 5.91 Å². The number of likely N-dealkylation sites (N-methyl/N-ethyl adjacent to an activating group) is 1. The zero-order valence-electron chi connectivity index (χ0n) is 18.6. The number of nitrogens with zero attached hydrogens (tertiary/aromatic N) is 5. The van der Waals surface area contributed by atoms with E-state index in [9.17, 15) is 4.79 Å². The average molecular weight is 424 g/mol. The van der Waals surface area contributed by atoms with Gasteiger partial charge in [-0.15, -0.1) is 5.10 Å². The number of amides is 1. The molecule has 1 aromatic carbocycles. The number of ether oxygens (including phenoxy) is 1. The SMILES string of the molecule is CCOc1ccc(C2CCCN2C(=O)CN(C)CC2CCCN2c2cccnn2)cc1. The predicted molar refractivity (Wildman–Crippen MR) is 121 cm³/mol. The lowest BCUT2D eigenvalue weighted by molar-refractivity contribution is -0.133. The fourth-order valence-electron chi connectivity index (χ4n) is 4.88. The second kappa shape index (κ2) is 10.1. The van der Waals surface area contributed by atoms with Gasteiger partial charge in [-0.05, 0) is 69.5 Å². The molecule has 7 nitrogen and oxygen atoms in total. The molecule has 4 rings (SSSR count). The normalized spacial score (nSPS) is 21.1. The molecule has 31 heavy (non-hydrogen) atoms. The van der Waals surface area contributed by atoms with E-state index in [2.05, 4.69) is 37.0 Å². The Morgan fingerprint density at radius 2 is 1.97 bits per heavy atom. The van der Waals surface area contributed by atoms with Crippen LogP contribution in [0, 0.1) is 0 Å². The number of benzene rings is 1. The first-order chi connectivity index (χ1) is 15.2. The van der Waals surface area contributed by atoms with Crippen molar-refractivity contribution < 1.29 is 9.53 Å². The van der Waals surface area contributed by atoms with Gasteiger partial charge in [0.25, 0.3) is 0 Å². The molecule has 0 saturated carbocycles. The summed E-state index contributed by atoms with van der Waals surface area (Å²) in [7, 11) is 2.05. The van der Waals surface area contributed by atoms with Crippen molar-refractivity contribution in [2.45, 2.75) is 44.7 Å². The van der Waals surface area contributed by atoms with Crippen LogP contribution in [0.3, 0.4) is 0 Å². The van der Waals surface area contributed by atoms with Crippen molar-refractivity contribution in [2.24, 2.45) is 0 Å². The van der Waals surface area contributed by atoms with Crippen molar-refractivity contribution in [3.05, 3.63) is 48.2 Å². The standard InChI is InChI=1S/C24H33N5O2/c1-3-31-21-12-10-19(11-13-21)22-8-6-16-29(22)24(30)18-27(2)17-20-7-5-15-28(20)23-9-4-14-25-26-23/h4,9-14,20,22H,3,5-8,15-18H2,1-2H3. The molecular weight excluding hydrogens is 390 g/mol. The Morgan fingerprint density at radius 3 is 2.71 bits per heavy atom. The van der Waals surface area contributed by atoms with Gasteiger partial charge in [0.15, 0.2) is 5.82 Å². The maximum Gasteiger partial charge on any atom is 0.237 e. The number of hydrogen-bond donors (Lipinski definition) is 0. The highest BCUT2D eigenvalue weighted by Crippen LogP contribution is 2.33. The second-order valence-electron chi connectivity index (χ2n) is 8.52. The van der Waals surface area contributed by atoms with Crippen LogP contribution in [-0.4, -0.2) is 71.8 Å². The number of likely N-dealkylation sites (tertiary alicyclic amines) is 1. The fourth-order valence-corrected chi connectivity index (χ4v) is 4.88. The van der Waals surface area contributed by atoms with Crippen molar-refractivity contribution in [1.29, 1.82) is 0 Å². The van der Waals surface area contributed by atoms with Gasteiger partial charge in [0, 0.05) is 31.9 Å². The number of anilines is 1. The lowest BCUT2D eigenvalue weighted by atomic mass is 10.0. The third-order valence-electron chi connectivity index (χ3n) is 6.31. The molecule has 0 bridgehead atoms. The van der Waals surface area contributed by atoms with Crippen molar-refractivity contribution in [1.82, 2.24) is 20.0 Å². The van der Waals surface area contributed by atoms with E-state index in [1.165, 1.54) is 5.56 Å². The highest BCUT2D eigenvalue weighted by Gasteiger charge is 2.32. The Kier molecular flexibility index (Phi) is 7.02. The van der Waals surface area contributed by atoms with E-state index in [0.717, 1.165) is 56.9 Å². The summed E-state index contributed by atoms with van der Waals surface area (Å²) >= 11 is 0. The van der Waals surface area contributed by atoms with Crippen LogP contribution in [-0.2, 0) is 4.79 Å². The summed E-state index contributed by atoms with van der Waals surface area (Å²) in [6.07, 6.45) is 6.04. The average Bonchev–Trinajstić information content (AvgIpc) is 3.45. The quantitative estimate of drug-likeness (QED) is 0.650. The van der Waals surface area contributed by atoms with E-state index in [-0.39, 0.29) is 11.9 Å². The van der Waals surface area contributed by atoms with E-state index in [1.807, 2.05) is 38.2 Å². The molecule has 1 amide bonds. The molecule has 2 fully saturated rings. The van der Waals surface area contributed by atoms with Gasteiger partial charge < -0.3 is 14.5 Å². The molecule has 2 aromatic rings. The summed E-state index contributed by atoms with van der Waals surface area (Å²) in [4.78, 5) is 19.7. The van der Waals surface area contributed by atoms with Gasteiger partial charge in [0.1, 0.15) is 5.75 Å². The highest BCUT2D eigenvalue weighted by molar-refractivity contribution is 5.79. The summed E-state index contributed by atoms with van der Waals surface area (Å²) in [6.45, 7) is 5.77. The molecule has 0 radical (unpaired) electrons. The molecule has 0 N–H and O–H groups in total. The summed E-state index contributed by atoms with van der Waals surface area (Å²) in [5.74, 6) is 2.02. The van der Waals surface area contributed by atoms with Gasteiger partial charge in [0.05, 0.1) is 19.2 Å². The molecule has 0 aliphatic carbocycles. The summed E-state index contributed by atoms with van der Waals surface area (Å²) in [5, 5.41) is 8.30. The van der Waals surface area contributed by atoms with Gasteiger partial charge in [-0.3, -0.25) is 9.69 Å². The third kappa shape index (κ3) is 5.15. The van der Waals surface area contributed by atoms with E-state index in [1.54, 1.807) is 6.20 Å². The maximum atomic E-state index is 13.2. The second-order valence-corrected chi connectivity index (χ2v) is 8.52. The third-order valence-corrected chi connectivity index (χ3v) is 6.31. The van der Waals surface area contributed by atoms with Crippen LogP contribution in [0.1, 0.15) is 44.2 Å². The molecule has 3 heterocycles. The Morgan fingerprint density at radius 1 is 1.16 bits per heavy atom. The first-order valence-electron chi connectivity index (χ1n) is 11.4. The van der Waals surface area contributed by atoms with E-state index >= 15 is 0 Å². The number of hydrogen-bond acceptors (Lipinski definition) is 6. The lowest BCUT2D eigenvalue weighted by Crippen LogP contribution is -2.44. The minimum absolute atomic E-state index is 0.166. The smallest absolute Gasteiger partial charge is 0.237 e. The highest BCUT2D eigenvalue weighted by atomic mass is 16.5. The van der Waals surface area contributed by atoms with Crippen LogP contribution in [0.5, 0.6) is 5.75 Å². The van der Waals surface area contributed by atoms with Crippen molar-refractivity contribution in [3.63, 3.8) is 0 Å². The largest absolute Gasteiger partial charge is 0.494 e. The zero-order chi connectivity index (χ0) is 21.6. The van der Waals surface area contributed by atoms with E-state index in [0.29, 0.717) is 19.2 Å². The van der Waals surface area contributed by atoms with Crippen LogP contribution >= 0.6 is 0 Å². The van der Waals surface area contributed by atoms with Crippen LogP contribution in [0.25, 0.3) is 0 Å². The van der Waals surface area contributed by atoms with Crippen LogP contribution in [0.15, 0.2) is 42.6 Å². The van der Waals surface area contributed by atoms with Crippen LogP contribution in [0.4, 0.5) is 5.82 Å². The van der Waals surface area contributed by atoms with Crippen molar-refractivity contribution in [2.75, 3.05) is 44.7 Å². The van der Waals surface area contributed by atoms with Gasteiger partial charge in [-0.1, -0.05) is 12.1 Å². The molecule has 166 valence electrons. The van der Waals surface area contributed by atoms with Crippen molar-refractivity contribution >= 4 is 11.7 Å². The zero-order valence-corrected chi connectivity index (χ0v) is 18.6. The van der Waals surface area contributed by atoms with E-state index in [4.69, 9.17) is 4.74 Å². The summed E-state index contributed by atoms with van der Waals surface area (Å²) < 4.78 is 5.55. The Labute approximate surface area is 185 Å². The predicted octanol–water partition coefficient (Wildman–Crippen LogP) is 3.14. The van der Waals surface area contributed by atoms with Crippen LogP contribution < -0.4 is 9.64 Å². The Hall–Kier alpha value is -2.67. The van der Waals surface area contributed by atoms with Crippen LogP contribution in [0.2, 0.25) is 0 Å².